The van der Waals surface area contributed by atoms with Crippen molar-refractivity contribution in [2.24, 2.45) is 0 Å². The van der Waals surface area contributed by atoms with Gasteiger partial charge < -0.3 is 9.84 Å². The van der Waals surface area contributed by atoms with E-state index >= 15 is 0 Å². The molecule has 0 unspecified atom stereocenters. The van der Waals surface area contributed by atoms with E-state index in [1.165, 1.54) is 30.3 Å². The van der Waals surface area contributed by atoms with Gasteiger partial charge in [-0.25, -0.2) is 13.2 Å². The summed E-state index contributed by atoms with van der Waals surface area (Å²) in [6.45, 7) is 2.80. The molecule has 0 saturated heterocycles. The molecule has 152 valence electrons. The summed E-state index contributed by atoms with van der Waals surface area (Å²) in [6.07, 6.45) is 3.27. The Morgan fingerprint density at radius 3 is 2.34 bits per heavy atom. The van der Waals surface area contributed by atoms with Gasteiger partial charge in [0.05, 0.1) is 17.1 Å². The molecule has 0 aliphatic heterocycles. The van der Waals surface area contributed by atoms with Crippen LogP contribution in [0.4, 0.5) is 5.69 Å². The van der Waals surface area contributed by atoms with Crippen LogP contribution in [0.2, 0.25) is 0 Å². The summed E-state index contributed by atoms with van der Waals surface area (Å²) < 4.78 is 33.6. The molecule has 0 atom stereocenters. The van der Waals surface area contributed by atoms with Crippen molar-refractivity contribution in [2.45, 2.75) is 31.1 Å². The average molecular weight is 413 g/mol. The number of benzene rings is 3. The van der Waals surface area contributed by atoms with Gasteiger partial charge in [0, 0.05) is 5.69 Å². The summed E-state index contributed by atoms with van der Waals surface area (Å²) in [7, 11) is -3.80. The van der Waals surface area contributed by atoms with E-state index in [1.807, 2.05) is 18.2 Å². The molecule has 29 heavy (non-hydrogen) atoms. The van der Waals surface area contributed by atoms with Crippen LogP contribution in [0.3, 0.4) is 0 Å². The van der Waals surface area contributed by atoms with Crippen molar-refractivity contribution in [1.82, 2.24) is 0 Å². The number of ether oxygens (including phenoxy) is 1. The Balaban J connectivity index is 1.76. The number of hydrogen-bond acceptors (Lipinski definition) is 4. The maximum absolute atomic E-state index is 12.7. The van der Waals surface area contributed by atoms with Gasteiger partial charge in [0.15, 0.2) is 0 Å². The fraction of sp³-hybridized carbons (Fsp3) is 0.227. The summed E-state index contributed by atoms with van der Waals surface area (Å²) in [4.78, 5) is 11.0. The van der Waals surface area contributed by atoms with Gasteiger partial charge in [-0.05, 0) is 65.7 Å². The van der Waals surface area contributed by atoms with Gasteiger partial charge in [0.25, 0.3) is 10.0 Å². The number of rotatable bonds is 9. The molecule has 0 radical (unpaired) electrons. The zero-order valence-electron chi connectivity index (χ0n) is 16.1. The standard InChI is InChI=1S/C22H23NO5S/c1-2-3-4-13-28-20-11-7-18-15-21(12-8-17(18)14-20)29(26,27)23-19-9-5-16(6-10-19)22(24)25/h5-12,14-15,23H,2-4,13H2,1H3,(H,24,25). The number of carbonyl (C=O) groups is 1. The molecule has 0 aliphatic rings. The monoisotopic (exact) mass is 413 g/mol. The topological polar surface area (TPSA) is 92.7 Å². The van der Waals surface area contributed by atoms with Crippen LogP contribution in [0.15, 0.2) is 65.6 Å². The number of carboxylic acid groups (broad SMARTS) is 1. The van der Waals surface area contributed by atoms with Crippen molar-refractivity contribution in [1.29, 1.82) is 0 Å². The third-order valence-electron chi connectivity index (χ3n) is 4.49. The lowest BCUT2D eigenvalue weighted by Gasteiger charge is -2.10. The predicted octanol–water partition coefficient (Wildman–Crippen LogP) is 4.91. The zero-order chi connectivity index (χ0) is 20.9. The third-order valence-corrected chi connectivity index (χ3v) is 5.87. The van der Waals surface area contributed by atoms with E-state index in [2.05, 4.69) is 11.6 Å². The smallest absolute Gasteiger partial charge is 0.335 e. The van der Waals surface area contributed by atoms with Gasteiger partial charge in [-0.1, -0.05) is 31.9 Å². The van der Waals surface area contributed by atoms with Crippen LogP contribution in [-0.4, -0.2) is 26.1 Å². The van der Waals surface area contributed by atoms with Gasteiger partial charge in [-0.15, -0.1) is 0 Å². The van der Waals surface area contributed by atoms with E-state index in [0.29, 0.717) is 12.3 Å². The molecule has 7 heteroatoms. The first-order valence-corrected chi connectivity index (χ1v) is 10.9. The van der Waals surface area contributed by atoms with E-state index in [9.17, 15) is 13.2 Å². The maximum Gasteiger partial charge on any atom is 0.335 e. The number of hydrogen-bond donors (Lipinski definition) is 2. The molecular weight excluding hydrogens is 390 g/mol. The van der Waals surface area contributed by atoms with Crippen molar-refractivity contribution in [2.75, 3.05) is 11.3 Å². The molecule has 3 aromatic carbocycles. The lowest BCUT2D eigenvalue weighted by molar-refractivity contribution is 0.0697. The molecule has 0 bridgehead atoms. The summed E-state index contributed by atoms with van der Waals surface area (Å²) >= 11 is 0. The minimum absolute atomic E-state index is 0.0892. The summed E-state index contributed by atoms with van der Waals surface area (Å²) in [5.74, 6) is -0.302. The molecule has 0 fully saturated rings. The maximum atomic E-state index is 12.7. The quantitative estimate of drug-likeness (QED) is 0.486. The summed E-state index contributed by atoms with van der Waals surface area (Å²) in [5, 5.41) is 10.6. The Bertz CT molecular complexity index is 1110. The second kappa shape index (κ2) is 8.96. The van der Waals surface area contributed by atoms with Gasteiger partial charge in [0.1, 0.15) is 5.75 Å². The molecule has 3 aromatic rings. The average Bonchev–Trinajstić information content (AvgIpc) is 2.71. The lowest BCUT2D eigenvalue weighted by Crippen LogP contribution is -2.13. The van der Waals surface area contributed by atoms with Crippen molar-refractivity contribution < 1.29 is 23.1 Å². The molecule has 0 heterocycles. The van der Waals surface area contributed by atoms with E-state index in [-0.39, 0.29) is 10.5 Å². The van der Waals surface area contributed by atoms with Gasteiger partial charge in [0.2, 0.25) is 0 Å². The van der Waals surface area contributed by atoms with Crippen molar-refractivity contribution >= 4 is 32.5 Å². The zero-order valence-corrected chi connectivity index (χ0v) is 16.9. The molecule has 0 saturated carbocycles. The number of fused-ring (bicyclic) bond motifs is 1. The highest BCUT2D eigenvalue weighted by atomic mass is 32.2. The Morgan fingerprint density at radius 1 is 0.966 bits per heavy atom. The van der Waals surface area contributed by atoms with Crippen LogP contribution in [0, 0.1) is 0 Å². The molecule has 0 aliphatic carbocycles. The highest BCUT2D eigenvalue weighted by molar-refractivity contribution is 7.92. The van der Waals surface area contributed by atoms with Crippen LogP contribution < -0.4 is 9.46 Å². The molecule has 3 rings (SSSR count). The fourth-order valence-electron chi connectivity index (χ4n) is 2.90. The van der Waals surface area contributed by atoms with Crippen molar-refractivity contribution in [3.8, 4) is 5.75 Å². The number of anilines is 1. The first-order valence-electron chi connectivity index (χ1n) is 9.42. The van der Waals surface area contributed by atoms with Crippen LogP contribution in [-0.2, 0) is 10.0 Å². The molecule has 0 spiro atoms. The Labute approximate surface area is 170 Å². The number of carboxylic acids is 1. The fourth-order valence-corrected chi connectivity index (χ4v) is 3.99. The first-order chi connectivity index (χ1) is 13.9. The molecular formula is C22H23NO5S. The second-order valence-corrected chi connectivity index (χ2v) is 8.40. The van der Waals surface area contributed by atoms with Crippen molar-refractivity contribution in [3.63, 3.8) is 0 Å². The van der Waals surface area contributed by atoms with Crippen LogP contribution in [0.1, 0.15) is 36.5 Å². The van der Waals surface area contributed by atoms with E-state index in [1.54, 1.807) is 12.1 Å². The SMILES string of the molecule is CCCCCOc1ccc2cc(S(=O)(=O)Nc3ccc(C(=O)O)cc3)ccc2c1. The van der Waals surface area contributed by atoms with E-state index < -0.39 is 16.0 Å². The second-order valence-electron chi connectivity index (χ2n) is 6.71. The largest absolute Gasteiger partial charge is 0.494 e. The van der Waals surface area contributed by atoms with E-state index in [4.69, 9.17) is 9.84 Å². The first kappa shape index (κ1) is 20.7. The van der Waals surface area contributed by atoms with Gasteiger partial charge in [-0.2, -0.15) is 0 Å². The Kier molecular flexibility index (Phi) is 6.39. The predicted molar refractivity (Wildman–Crippen MR) is 113 cm³/mol. The van der Waals surface area contributed by atoms with Gasteiger partial charge in [-0.3, -0.25) is 4.72 Å². The van der Waals surface area contributed by atoms with Crippen LogP contribution in [0.25, 0.3) is 10.8 Å². The van der Waals surface area contributed by atoms with Crippen LogP contribution >= 0.6 is 0 Å². The number of unbranched alkanes of at least 4 members (excludes halogenated alkanes) is 2. The molecule has 0 amide bonds. The third kappa shape index (κ3) is 5.26. The summed E-state index contributed by atoms with van der Waals surface area (Å²) in [5.41, 5.74) is 0.386. The highest BCUT2D eigenvalue weighted by Gasteiger charge is 2.15. The van der Waals surface area contributed by atoms with E-state index in [0.717, 1.165) is 35.8 Å². The van der Waals surface area contributed by atoms with Crippen LogP contribution in [0.5, 0.6) is 5.75 Å². The number of aromatic carboxylic acids is 1. The number of nitrogens with one attached hydrogen (secondary N) is 1. The minimum Gasteiger partial charge on any atom is -0.494 e. The molecule has 0 aromatic heterocycles. The lowest BCUT2D eigenvalue weighted by atomic mass is 10.1. The number of sulfonamides is 1. The van der Waals surface area contributed by atoms with Crippen molar-refractivity contribution in [3.05, 3.63) is 66.2 Å². The molecule has 2 N–H and O–H groups in total. The Hall–Kier alpha value is -3.06. The molecule has 6 nitrogen and oxygen atoms in total. The highest BCUT2D eigenvalue weighted by Crippen LogP contribution is 2.25. The summed E-state index contributed by atoms with van der Waals surface area (Å²) in [6, 6.07) is 16.0. The minimum atomic E-state index is -3.80. The van der Waals surface area contributed by atoms with Gasteiger partial charge >= 0.3 is 5.97 Å². The normalized spacial score (nSPS) is 11.3. The Morgan fingerprint density at radius 2 is 1.66 bits per heavy atom.